The van der Waals surface area contributed by atoms with Crippen LogP contribution in [-0.4, -0.2) is 198 Å². The summed E-state index contributed by atoms with van der Waals surface area (Å²) < 4.78 is 236. The number of rotatable bonds is 0. The van der Waals surface area contributed by atoms with E-state index in [1.54, 1.807) is 36.4 Å². The van der Waals surface area contributed by atoms with E-state index in [0.717, 1.165) is 78.5 Å². The maximum atomic E-state index is 10.7. The van der Waals surface area contributed by atoms with Gasteiger partial charge in [-0.3, -0.25) is 0 Å². The van der Waals surface area contributed by atoms with E-state index in [4.69, 9.17) is 83.5 Å². The first-order valence-electron chi connectivity index (χ1n) is 23.0. The van der Waals surface area contributed by atoms with E-state index in [2.05, 4.69) is 120 Å². The summed E-state index contributed by atoms with van der Waals surface area (Å²) >= 11 is 0. The number of fused-ring (bicyclic) bond motifs is 4. The van der Waals surface area contributed by atoms with Crippen LogP contribution in [0.2, 0.25) is 0 Å². The molecule has 514 valence electrons. The molecule has 1 aliphatic heterocycles. The second-order valence-electron chi connectivity index (χ2n) is 16.1. The molecule has 1 heterocycles. The van der Waals surface area contributed by atoms with E-state index < -0.39 is 62.5 Å². The summed E-state index contributed by atoms with van der Waals surface area (Å²) in [5.41, 5.74) is -17.0. The fourth-order valence-electron chi connectivity index (χ4n) is 4.80. The summed E-state index contributed by atoms with van der Waals surface area (Å²) in [5, 5.41) is 43.9. The molecular formula is C46H68Cu2F12N12O12S4. The van der Waals surface area contributed by atoms with Gasteiger partial charge in [0.05, 0.1) is 36.4 Å². The quantitative estimate of drug-likeness (QED) is 0.120. The fraction of sp³-hybridized carbons (Fsp3) is 0.609. The number of hydrogen-bond acceptors (Lipinski definition) is 24. The van der Waals surface area contributed by atoms with Gasteiger partial charge in [-0.1, -0.05) is 48.5 Å². The molecule has 0 spiro atoms. The van der Waals surface area contributed by atoms with Crippen molar-refractivity contribution in [1.29, 1.82) is 31.6 Å². The zero-order valence-electron chi connectivity index (χ0n) is 49.1. The zero-order valence-corrected chi connectivity index (χ0v) is 54.3. The zero-order chi connectivity index (χ0) is 70.2. The van der Waals surface area contributed by atoms with Crippen LogP contribution in [0.1, 0.15) is 63.8 Å². The predicted molar refractivity (Wildman–Crippen MR) is 284 cm³/mol. The molecule has 2 aromatic carbocycles. The van der Waals surface area contributed by atoms with Crippen LogP contribution in [0.3, 0.4) is 0 Å². The first-order chi connectivity index (χ1) is 38.7. The van der Waals surface area contributed by atoms with Gasteiger partial charge in [-0.15, -0.1) is 0 Å². The van der Waals surface area contributed by atoms with Crippen molar-refractivity contribution in [2.45, 2.75) is 89.8 Å². The van der Waals surface area contributed by atoms with Crippen LogP contribution < -0.4 is 0 Å². The third-order valence-electron chi connectivity index (χ3n) is 8.38. The van der Waals surface area contributed by atoms with E-state index >= 15 is 0 Å². The Balaban J connectivity index is -0.000000119. The minimum atomic E-state index is -6.09. The van der Waals surface area contributed by atoms with Crippen LogP contribution in [0.15, 0.2) is 48.5 Å². The first kappa shape index (κ1) is 105. The van der Waals surface area contributed by atoms with Crippen LogP contribution in [0.25, 0.3) is 0 Å². The van der Waals surface area contributed by atoms with Crippen molar-refractivity contribution in [2.75, 3.05) is 94.6 Å². The molecule has 42 heteroatoms. The number of benzene rings is 2. The summed E-state index contributed by atoms with van der Waals surface area (Å²) in [7, 11) is -10.9. The molecule has 0 saturated carbocycles. The summed E-state index contributed by atoms with van der Waals surface area (Å²) in [6, 6.07) is 28.8. The van der Waals surface area contributed by atoms with Crippen molar-refractivity contribution in [2.24, 2.45) is 0 Å². The van der Waals surface area contributed by atoms with Crippen molar-refractivity contribution >= 4 is 40.5 Å². The Morgan fingerprint density at radius 2 is 0.432 bits per heavy atom. The average molecular weight is 1460 g/mol. The number of alkyl halides is 12. The van der Waals surface area contributed by atoms with Crippen LogP contribution in [-0.2, 0) is 101 Å². The Labute approximate surface area is 529 Å². The van der Waals surface area contributed by atoms with Gasteiger partial charge in [-0.25, -0.2) is 33.7 Å². The monoisotopic (exact) mass is 1460 g/mol. The van der Waals surface area contributed by atoms with Crippen molar-refractivity contribution in [3.05, 3.63) is 70.8 Å². The third-order valence-corrected chi connectivity index (χ3v) is 10.6. The molecule has 0 aromatic heterocycles. The van der Waals surface area contributed by atoms with E-state index in [-0.39, 0.29) is 34.1 Å². The van der Waals surface area contributed by atoms with Gasteiger partial charge in [0, 0.05) is 120 Å². The molecule has 0 aliphatic carbocycles. The van der Waals surface area contributed by atoms with Crippen molar-refractivity contribution in [1.82, 2.24) is 29.4 Å². The number of halogens is 12. The summed E-state index contributed by atoms with van der Waals surface area (Å²) in [5.74, 6) is 0. The molecule has 2 radical (unpaired) electrons. The van der Waals surface area contributed by atoms with Gasteiger partial charge >= 0.3 is 56.2 Å². The summed E-state index contributed by atoms with van der Waals surface area (Å²) in [4.78, 5) is 14.7. The molecule has 2 aromatic rings. The maximum absolute atomic E-state index is 10.7. The Hall–Kier alpha value is -5.02. The standard InChI is InChI=1S/C30H50N6.6C2H3N.4CHF3O3S.2Cu/c1-31-13-17-33(3)23-27-9-7-11-29(21-27)25-35(5)19-15-32(2)16-20-36(6)26-30-12-8-10-28(22-30)24-34(4)18-14-31;6*1-2-3;4*2-1(3,4)8(5,6)7;;/h7-12,21-22H,13-20,23-26H2,1-6H3;6*1H3;4*(H,5,6,7);;/q;;;;;;;;;;;2*+2/p-4. The number of likely N-dealkylation sites (N-methyl/N-ethyl adjacent to an activating group) is 6. The normalized spacial score (nSPS) is 14.3. The fourth-order valence-corrected chi connectivity index (χ4v) is 4.80. The molecule has 0 atom stereocenters. The van der Waals surface area contributed by atoms with Crippen molar-refractivity contribution < 1.29 is 139 Å². The third kappa shape index (κ3) is 68.5. The Morgan fingerprint density at radius 3 is 0.534 bits per heavy atom. The molecule has 0 saturated heterocycles. The molecule has 4 bridgehead atoms. The SMILES string of the molecule is CC#N.CC#N.CC#N.CC#N.CC#N.CC#N.CN1CCN(C)Cc2cccc(c2)CN(C)CCN(C)CCN(C)Cc2cccc(c2)CN(C)CC1.O=S(=O)([O-])C(F)(F)F.O=S(=O)([O-])C(F)(F)F.O=S(=O)([O-])C(F)(F)F.O=S(=O)([O-])C(F)(F)F.[Cu+2].[Cu+2]. The van der Waals surface area contributed by atoms with Gasteiger partial charge in [0.2, 0.25) is 0 Å². The molecule has 1 aliphatic rings. The summed E-state index contributed by atoms with van der Waals surface area (Å²) in [6.45, 7) is 21.2. The van der Waals surface area contributed by atoms with Crippen LogP contribution >= 0.6 is 0 Å². The van der Waals surface area contributed by atoms with Gasteiger partial charge in [0.25, 0.3) is 0 Å². The topological polar surface area (TPSA) is 391 Å². The Bertz CT molecular complexity index is 2490. The molecule has 88 heavy (non-hydrogen) atoms. The molecule has 0 N–H and O–H groups in total. The van der Waals surface area contributed by atoms with Gasteiger partial charge in [0.15, 0.2) is 40.5 Å². The number of hydrogen-bond donors (Lipinski definition) is 0. The summed E-state index contributed by atoms with van der Waals surface area (Å²) in [6.07, 6.45) is 0. The molecule has 24 nitrogen and oxygen atoms in total. The molecule has 0 fully saturated rings. The predicted octanol–water partition coefficient (Wildman–Crippen LogP) is 6.37. The molecular weight excluding hydrogens is 1400 g/mol. The Morgan fingerprint density at radius 1 is 0.330 bits per heavy atom. The van der Waals surface area contributed by atoms with Gasteiger partial charge < -0.3 is 47.6 Å². The minimum absolute atomic E-state index is 0. The average Bonchev–Trinajstić information content (AvgIpc) is 3.31. The maximum Gasteiger partial charge on any atom is 2.00 e. The van der Waals surface area contributed by atoms with E-state index in [0.29, 0.717) is 0 Å². The van der Waals surface area contributed by atoms with Crippen LogP contribution in [0.5, 0.6) is 0 Å². The van der Waals surface area contributed by atoms with Gasteiger partial charge in [-0.2, -0.15) is 84.3 Å². The van der Waals surface area contributed by atoms with Gasteiger partial charge in [-0.05, 0) is 64.5 Å². The van der Waals surface area contributed by atoms with Crippen molar-refractivity contribution in [3.8, 4) is 36.4 Å². The second-order valence-corrected chi connectivity index (χ2v) is 21.6. The first-order valence-corrected chi connectivity index (χ1v) is 28.6. The van der Waals surface area contributed by atoms with Gasteiger partial charge in [0.1, 0.15) is 0 Å². The Kier molecular flexibility index (Phi) is 65.3. The minimum Gasteiger partial charge on any atom is -0.741 e. The van der Waals surface area contributed by atoms with E-state index in [1.165, 1.54) is 63.8 Å². The van der Waals surface area contributed by atoms with Crippen molar-refractivity contribution in [3.63, 3.8) is 0 Å². The second kappa shape index (κ2) is 54.9. The van der Waals surface area contributed by atoms with Crippen LogP contribution in [0, 0.1) is 68.0 Å². The largest absolute Gasteiger partial charge is 2.00 e. The number of nitriles is 6. The van der Waals surface area contributed by atoms with Crippen LogP contribution in [0.4, 0.5) is 52.7 Å². The molecule has 0 amide bonds. The smallest absolute Gasteiger partial charge is 0.741 e. The number of nitrogens with zero attached hydrogens (tertiary/aromatic N) is 12. The van der Waals surface area contributed by atoms with E-state index in [9.17, 15) is 52.7 Å². The molecule has 0 unspecified atom stereocenters. The van der Waals surface area contributed by atoms with E-state index in [1.807, 2.05) is 0 Å². The molecule has 3 rings (SSSR count).